The fraction of sp³-hybridized carbons (Fsp3) is 0.545. The Morgan fingerprint density at radius 1 is 1.14 bits per heavy atom. The van der Waals surface area contributed by atoms with Gasteiger partial charge >= 0.3 is 0 Å². The lowest BCUT2D eigenvalue weighted by molar-refractivity contribution is 0.0323. The van der Waals surface area contributed by atoms with Crippen LogP contribution in [0.3, 0.4) is 0 Å². The Bertz CT molecular complexity index is 774. The van der Waals surface area contributed by atoms with Crippen molar-refractivity contribution in [2.75, 3.05) is 45.9 Å². The van der Waals surface area contributed by atoms with Crippen molar-refractivity contribution < 1.29 is 13.9 Å². The third-order valence-electron chi connectivity index (χ3n) is 5.27. The molecule has 0 saturated carbocycles. The van der Waals surface area contributed by atoms with Crippen LogP contribution >= 0.6 is 0 Å². The first kappa shape index (κ1) is 21.5. The minimum absolute atomic E-state index is 0.0927. The Kier molecular flexibility index (Phi) is 8.19. The number of nitrogens with zero attached hydrogens (tertiary/aromatic N) is 4. The van der Waals surface area contributed by atoms with Gasteiger partial charge in [-0.15, -0.1) is 0 Å². The minimum atomic E-state index is -0.363. The normalized spacial score (nSPS) is 14.8. The summed E-state index contributed by atoms with van der Waals surface area (Å²) in [7, 11) is 0. The van der Waals surface area contributed by atoms with Crippen molar-refractivity contribution in [1.82, 2.24) is 19.6 Å². The van der Waals surface area contributed by atoms with Gasteiger partial charge in [-0.25, -0.2) is 9.07 Å². The summed E-state index contributed by atoms with van der Waals surface area (Å²) in [6, 6.07) is 8.10. The molecule has 2 heterocycles. The molecule has 7 heteroatoms. The number of carbonyl (C=O) groups excluding carboxylic acids is 1. The molecule has 158 valence electrons. The third-order valence-corrected chi connectivity index (χ3v) is 5.27. The van der Waals surface area contributed by atoms with Gasteiger partial charge in [0.1, 0.15) is 11.5 Å². The Morgan fingerprint density at radius 3 is 2.69 bits per heavy atom. The molecule has 1 amide bonds. The van der Waals surface area contributed by atoms with E-state index in [1.54, 1.807) is 30.5 Å². The van der Waals surface area contributed by atoms with Crippen LogP contribution in [0.25, 0.3) is 5.69 Å². The van der Waals surface area contributed by atoms with Crippen molar-refractivity contribution in [2.24, 2.45) is 0 Å². The van der Waals surface area contributed by atoms with E-state index in [0.29, 0.717) is 17.9 Å². The van der Waals surface area contributed by atoms with Gasteiger partial charge in [-0.3, -0.25) is 9.69 Å². The first-order chi connectivity index (χ1) is 14.2. The fourth-order valence-corrected chi connectivity index (χ4v) is 3.50. The summed E-state index contributed by atoms with van der Waals surface area (Å²) in [6.07, 6.45) is 6.07. The van der Waals surface area contributed by atoms with E-state index in [-0.39, 0.29) is 11.7 Å². The van der Waals surface area contributed by atoms with Crippen molar-refractivity contribution in [2.45, 2.75) is 32.6 Å². The van der Waals surface area contributed by atoms with Crippen LogP contribution in [0.4, 0.5) is 4.39 Å². The highest BCUT2D eigenvalue weighted by Gasteiger charge is 2.20. The molecule has 1 aliphatic heterocycles. The summed E-state index contributed by atoms with van der Waals surface area (Å²) in [4.78, 5) is 17.3. The van der Waals surface area contributed by atoms with Crippen molar-refractivity contribution >= 4 is 5.91 Å². The molecule has 0 radical (unpaired) electrons. The monoisotopic (exact) mass is 402 g/mol. The van der Waals surface area contributed by atoms with Gasteiger partial charge < -0.3 is 9.64 Å². The highest BCUT2D eigenvalue weighted by molar-refractivity contribution is 5.92. The number of morpholine rings is 1. The lowest BCUT2D eigenvalue weighted by Crippen LogP contribution is -2.43. The second-order valence-electron chi connectivity index (χ2n) is 7.40. The molecule has 0 atom stereocenters. The van der Waals surface area contributed by atoms with Crippen molar-refractivity contribution in [3.63, 3.8) is 0 Å². The van der Waals surface area contributed by atoms with Crippen LogP contribution in [-0.4, -0.2) is 71.4 Å². The molecule has 1 fully saturated rings. The lowest BCUT2D eigenvalue weighted by Gasteiger charge is -2.30. The van der Waals surface area contributed by atoms with E-state index in [0.717, 1.165) is 58.7 Å². The van der Waals surface area contributed by atoms with Crippen LogP contribution in [-0.2, 0) is 4.74 Å². The van der Waals surface area contributed by atoms with Gasteiger partial charge in [0, 0.05) is 38.9 Å². The quantitative estimate of drug-likeness (QED) is 0.572. The first-order valence-corrected chi connectivity index (χ1v) is 10.6. The molecule has 29 heavy (non-hydrogen) atoms. The van der Waals surface area contributed by atoms with Crippen molar-refractivity contribution in [1.29, 1.82) is 0 Å². The smallest absolute Gasteiger partial charge is 0.274 e. The maximum atomic E-state index is 14.0. The largest absolute Gasteiger partial charge is 0.379 e. The molecule has 0 N–H and O–H groups in total. The molecular weight excluding hydrogens is 371 g/mol. The van der Waals surface area contributed by atoms with Crippen LogP contribution in [0.1, 0.15) is 43.1 Å². The number of unbranched alkanes of at least 4 members (excludes halogenated alkanes) is 3. The predicted molar refractivity (Wildman–Crippen MR) is 111 cm³/mol. The Hall–Kier alpha value is -2.25. The summed E-state index contributed by atoms with van der Waals surface area (Å²) < 4.78 is 20.9. The minimum Gasteiger partial charge on any atom is -0.379 e. The number of rotatable bonds is 10. The highest BCUT2D eigenvalue weighted by Crippen LogP contribution is 2.14. The maximum absolute atomic E-state index is 14.0. The third kappa shape index (κ3) is 6.11. The molecule has 0 unspecified atom stereocenters. The molecule has 1 aromatic carbocycles. The number of hydrogen-bond donors (Lipinski definition) is 0. The van der Waals surface area contributed by atoms with Gasteiger partial charge in [0.05, 0.1) is 13.2 Å². The topological polar surface area (TPSA) is 50.6 Å². The molecular formula is C22H31FN4O2. The SMILES string of the molecule is CCCCCCN(CCN1CCOCC1)C(=O)c1ccn(-c2ccccc2F)n1. The summed E-state index contributed by atoms with van der Waals surface area (Å²) in [6.45, 7) is 7.69. The van der Waals surface area contributed by atoms with E-state index in [4.69, 9.17) is 4.74 Å². The highest BCUT2D eigenvalue weighted by atomic mass is 19.1. The average Bonchev–Trinajstić information content (AvgIpc) is 3.24. The number of aromatic nitrogens is 2. The second kappa shape index (κ2) is 11.1. The van der Waals surface area contributed by atoms with E-state index in [9.17, 15) is 9.18 Å². The van der Waals surface area contributed by atoms with Crippen molar-refractivity contribution in [3.8, 4) is 5.69 Å². The zero-order valence-electron chi connectivity index (χ0n) is 17.2. The predicted octanol–water partition coefficient (Wildman–Crippen LogP) is 3.37. The number of para-hydroxylation sites is 1. The summed E-state index contributed by atoms with van der Waals surface area (Å²) in [5, 5.41) is 4.35. The van der Waals surface area contributed by atoms with E-state index >= 15 is 0 Å². The summed E-state index contributed by atoms with van der Waals surface area (Å²) >= 11 is 0. The van der Waals surface area contributed by atoms with Crippen molar-refractivity contribution in [3.05, 3.63) is 48.0 Å². The molecule has 1 aliphatic rings. The molecule has 0 bridgehead atoms. The second-order valence-corrected chi connectivity index (χ2v) is 7.40. The van der Waals surface area contributed by atoms with Gasteiger partial charge in [0.25, 0.3) is 5.91 Å². The van der Waals surface area contributed by atoms with Crippen LogP contribution in [0.15, 0.2) is 36.5 Å². The average molecular weight is 403 g/mol. The Balaban J connectivity index is 1.66. The number of hydrogen-bond acceptors (Lipinski definition) is 4. The van der Waals surface area contributed by atoms with Gasteiger partial charge in [-0.1, -0.05) is 38.3 Å². The summed E-state index contributed by atoms with van der Waals surface area (Å²) in [5.41, 5.74) is 0.695. The van der Waals surface area contributed by atoms with Gasteiger partial charge in [-0.2, -0.15) is 5.10 Å². The molecule has 1 saturated heterocycles. The molecule has 3 rings (SSSR count). The van der Waals surface area contributed by atoms with Crippen LogP contribution < -0.4 is 0 Å². The zero-order chi connectivity index (χ0) is 20.5. The fourth-order valence-electron chi connectivity index (χ4n) is 3.50. The van der Waals surface area contributed by atoms with E-state index in [1.807, 2.05) is 4.90 Å². The van der Waals surface area contributed by atoms with Gasteiger partial charge in [-0.05, 0) is 24.6 Å². The number of halogens is 1. The maximum Gasteiger partial charge on any atom is 0.274 e. The van der Waals surface area contributed by atoms with E-state index in [2.05, 4.69) is 16.9 Å². The lowest BCUT2D eigenvalue weighted by atomic mass is 10.2. The zero-order valence-corrected chi connectivity index (χ0v) is 17.2. The van der Waals surface area contributed by atoms with Crippen LogP contribution in [0.2, 0.25) is 0 Å². The molecule has 0 spiro atoms. The van der Waals surface area contributed by atoms with E-state index in [1.165, 1.54) is 17.2 Å². The Morgan fingerprint density at radius 2 is 1.93 bits per heavy atom. The molecule has 6 nitrogen and oxygen atoms in total. The molecule has 2 aromatic rings. The number of carbonyl (C=O) groups is 1. The van der Waals surface area contributed by atoms with Crippen LogP contribution in [0.5, 0.6) is 0 Å². The molecule has 1 aromatic heterocycles. The number of benzene rings is 1. The number of amides is 1. The van der Waals surface area contributed by atoms with Crippen LogP contribution in [0, 0.1) is 5.82 Å². The van der Waals surface area contributed by atoms with Gasteiger partial charge in [0.15, 0.2) is 5.69 Å². The van der Waals surface area contributed by atoms with E-state index < -0.39 is 0 Å². The standard InChI is InChI=1S/C22H31FN4O2/c1-2-3-4-7-11-26(14-13-25-15-17-29-18-16-25)22(28)20-10-12-27(24-20)21-9-6-5-8-19(21)23/h5-6,8-10,12H,2-4,7,11,13-18H2,1H3. The summed E-state index contributed by atoms with van der Waals surface area (Å²) in [5.74, 6) is -0.455. The first-order valence-electron chi connectivity index (χ1n) is 10.6. The number of ether oxygens (including phenoxy) is 1. The molecule has 0 aliphatic carbocycles. The Labute approximate surface area is 172 Å². The van der Waals surface area contributed by atoms with Gasteiger partial charge in [0.2, 0.25) is 0 Å².